The van der Waals surface area contributed by atoms with E-state index in [-0.39, 0.29) is 29.8 Å². The fourth-order valence-electron chi connectivity index (χ4n) is 4.39. The molecule has 2 aromatic carbocycles. The molecular formula is C25H27F2N5O6. The number of para-hydroxylation sites is 1. The maximum atomic E-state index is 14.3. The summed E-state index contributed by atoms with van der Waals surface area (Å²) >= 11 is 0. The van der Waals surface area contributed by atoms with Crippen molar-refractivity contribution in [2.75, 3.05) is 18.3 Å². The molecule has 1 heterocycles. The second kappa shape index (κ2) is 11.9. The first-order chi connectivity index (χ1) is 18.3. The van der Waals surface area contributed by atoms with Crippen LogP contribution in [0.5, 0.6) is 5.75 Å². The summed E-state index contributed by atoms with van der Waals surface area (Å²) in [5.74, 6) is -3.35. The lowest BCUT2D eigenvalue weighted by molar-refractivity contribution is 0.0148. The minimum absolute atomic E-state index is 0.0477. The molecule has 4 rings (SSSR count). The van der Waals surface area contributed by atoms with Crippen LogP contribution in [0.25, 0.3) is 5.69 Å². The zero-order valence-electron chi connectivity index (χ0n) is 20.7. The molecule has 0 radical (unpaired) electrons. The van der Waals surface area contributed by atoms with Crippen LogP contribution in [0.4, 0.5) is 19.3 Å². The second-order valence-corrected chi connectivity index (χ2v) is 8.76. The first-order valence-corrected chi connectivity index (χ1v) is 12.2. The number of hydrogen-bond acceptors (Lipinski definition) is 7. The maximum absolute atomic E-state index is 14.3. The minimum atomic E-state index is -1.29. The highest BCUT2D eigenvalue weighted by Gasteiger charge is 2.32. The molecule has 202 valence electrons. The van der Waals surface area contributed by atoms with Crippen molar-refractivity contribution in [1.29, 1.82) is 0 Å². The molecule has 1 aromatic heterocycles. The number of rotatable bonds is 9. The number of benzene rings is 2. The number of hydrogen-bond donors (Lipinski definition) is 1. The van der Waals surface area contributed by atoms with Crippen LogP contribution in [0.3, 0.4) is 0 Å². The van der Waals surface area contributed by atoms with Crippen molar-refractivity contribution >= 4 is 17.7 Å². The molecule has 38 heavy (non-hydrogen) atoms. The number of carboxylic acid groups (broad SMARTS) is 1. The summed E-state index contributed by atoms with van der Waals surface area (Å²) in [6.07, 6.45) is 4.56. The molecule has 1 aliphatic carbocycles. The van der Waals surface area contributed by atoms with Gasteiger partial charge in [-0.15, -0.1) is 4.68 Å². The van der Waals surface area contributed by atoms with Gasteiger partial charge in [0.05, 0.1) is 6.61 Å². The van der Waals surface area contributed by atoms with Crippen LogP contribution in [-0.2, 0) is 4.74 Å². The molecular weight excluding hydrogens is 504 g/mol. The van der Waals surface area contributed by atoms with E-state index in [9.17, 15) is 28.3 Å². The Kier molecular flexibility index (Phi) is 8.46. The van der Waals surface area contributed by atoms with Crippen LogP contribution in [-0.4, -0.2) is 56.3 Å². The van der Waals surface area contributed by atoms with E-state index in [0.29, 0.717) is 28.8 Å². The summed E-state index contributed by atoms with van der Waals surface area (Å²) < 4.78 is 40.1. The van der Waals surface area contributed by atoms with Gasteiger partial charge in [-0.05, 0) is 60.0 Å². The van der Waals surface area contributed by atoms with Gasteiger partial charge in [-0.1, -0.05) is 32.3 Å². The molecule has 1 fully saturated rings. The molecule has 1 amide bonds. The van der Waals surface area contributed by atoms with Gasteiger partial charge < -0.3 is 14.6 Å². The van der Waals surface area contributed by atoms with Crippen molar-refractivity contribution in [3.05, 3.63) is 64.1 Å². The molecule has 0 bridgehead atoms. The monoisotopic (exact) mass is 531 g/mol. The predicted octanol–water partition coefficient (Wildman–Crippen LogP) is 3.98. The Morgan fingerprint density at radius 2 is 1.82 bits per heavy atom. The molecule has 11 nitrogen and oxygen atoms in total. The molecule has 1 N–H and O–H groups in total. The van der Waals surface area contributed by atoms with Gasteiger partial charge in [0.25, 0.3) is 0 Å². The van der Waals surface area contributed by atoms with Crippen molar-refractivity contribution < 1.29 is 33.0 Å². The Morgan fingerprint density at radius 3 is 2.47 bits per heavy atom. The van der Waals surface area contributed by atoms with E-state index in [1.54, 1.807) is 0 Å². The van der Waals surface area contributed by atoms with E-state index in [1.165, 1.54) is 23.1 Å². The fourth-order valence-corrected chi connectivity index (χ4v) is 4.39. The number of carbonyl (C=O) groups excluding carboxylic acids is 1. The highest BCUT2D eigenvalue weighted by Crippen LogP contribution is 2.31. The quantitative estimate of drug-likeness (QED) is 0.250. The summed E-state index contributed by atoms with van der Waals surface area (Å²) in [6.45, 7) is 2.21. The standard InChI is InChI=1S/C25H27F2N5O6/c1-2-13-37-15-38-21-12-11-17(14-18(21)23(33)34)30(16-7-4-3-5-8-16)24(35)32-25(36)31(28-29-32)22-19(26)9-6-10-20(22)27/h6,9-12,14,16H,2-5,7-8,13,15H2,1H3,(H,33,34). The summed E-state index contributed by atoms with van der Waals surface area (Å²) in [6, 6.07) is 5.90. The number of aromatic nitrogens is 4. The molecule has 3 aromatic rings. The number of halogens is 2. The zero-order chi connectivity index (χ0) is 27.2. The molecule has 1 aliphatic rings. The topological polar surface area (TPSA) is 129 Å². The number of nitrogens with zero attached hydrogens (tertiary/aromatic N) is 5. The van der Waals surface area contributed by atoms with Crippen LogP contribution in [0.2, 0.25) is 0 Å². The third-order valence-electron chi connectivity index (χ3n) is 6.18. The average Bonchev–Trinajstić information content (AvgIpc) is 3.28. The Bertz CT molecular complexity index is 1350. The van der Waals surface area contributed by atoms with Crippen molar-refractivity contribution in [1.82, 2.24) is 19.8 Å². The zero-order valence-corrected chi connectivity index (χ0v) is 20.7. The molecule has 13 heteroatoms. The summed E-state index contributed by atoms with van der Waals surface area (Å²) in [5.41, 5.74) is -1.95. The number of amides is 1. The van der Waals surface area contributed by atoms with Crippen molar-refractivity contribution in [3.63, 3.8) is 0 Å². The van der Waals surface area contributed by atoms with E-state index >= 15 is 0 Å². The summed E-state index contributed by atoms with van der Waals surface area (Å²) in [7, 11) is 0. The van der Waals surface area contributed by atoms with Gasteiger partial charge in [-0.3, -0.25) is 4.90 Å². The third-order valence-corrected chi connectivity index (χ3v) is 6.18. The van der Waals surface area contributed by atoms with Gasteiger partial charge in [0.1, 0.15) is 17.0 Å². The molecule has 0 atom stereocenters. The largest absolute Gasteiger partial charge is 0.478 e. The molecule has 1 saturated carbocycles. The van der Waals surface area contributed by atoms with Gasteiger partial charge in [0.2, 0.25) is 0 Å². The minimum Gasteiger partial charge on any atom is -0.478 e. The highest BCUT2D eigenvalue weighted by molar-refractivity contribution is 5.97. The van der Waals surface area contributed by atoms with Crippen LogP contribution < -0.4 is 15.3 Å². The second-order valence-electron chi connectivity index (χ2n) is 8.76. The normalized spacial score (nSPS) is 13.9. The Hall–Kier alpha value is -4.13. The first kappa shape index (κ1) is 26.9. The lowest BCUT2D eigenvalue weighted by Crippen LogP contribution is -2.47. The van der Waals surface area contributed by atoms with Crippen LogP contribution >= 0.6 is 0 Å². The maximum Gasteiger partial charge on any atom is 0.377 e. The van der Waals surface area contributed by atoms with Gasteiger partial charge in [0, 0.05) is 11.7 Å². The van der Waals surface area contributed by atoms with Gasteiger partial charge >= 0.3 is 17.7 Å². The van der Waals surface area contributed by atoms with Crippen LogP contribution in [0, 0.1) is 11.6 Å². The van der Waals surface area contributed by atoms with E-state index in [2.05, 4.69) is 10.4 Å². The summed E-state index contributed by atoms with van der Waals surface area (Å²) in [5, 5.41) is 16.9. The van der Waals surface area contributed by atoms with Crippen molar-refractivity contribution in [2.45, 2.75) is 51.5 Å². The Labute approximate surface area is 216 Å². The molecule has 0 saturated heterocycles. The fraction of sp³-hybridized carbons (Fsp3) is 0.400. The lowest BCUT2D eigenvalue weighted by Gasteiger charge is -2.33. The predicted molar refractivity (Wildman–Crippen MR) is 131 cm³/mol. The van der Waals surface area contributed by atoms with Gasteiger partial charge in [0.15, 0.2) is 18.4 Å². The highest BCUT2D eigenvalue weighted by atomic mass is 19.1. The van der Waals surface area contributed by atoms with E-state index < -0.39 is 35.0 Å². The number of carbonyl (C=O) groups is 2. The van der Waals surface area contributed by atoms with E-state index in [1.807, 2.05) is 6.92 Å². The number of tetrazole rings is 1. The number of ether oxygens (including phenoxy) is 2. The SMILES string of the molecule is CCCOCOc1ccc(N(C(=O)n2nnn(-c3c(F)cccc3F)c2=O)C2CCCCC2)cc1C(=O)O. The number of aromatic carboxylic acids is 1. The van der Waals surface area contributed by atoms with Crippen LogP contribution in [0.15, 0.2) is 41.2 Å². The Balaban J connectivity index is 1.73. The third kappa shape index (κ3) is 5.57. The number of anilines is 1. The smallest absolute Gasteiger partial charge is 0.377 e. The van der Waals surface area contributed by atoms with Gasteiger partial charge in [-0.25, -0.2) is 23.2 Å². The van der Waals surface area contributed by atoms with Crippen molar-refractivity contribution in [2.24, 2.45) is 0 Å². The lowest BCUT2D eigenvalue weighted by atomic mass is 9.94. The molecule has 0 unspecified atom stereocenters. The first-order valence-electron chi connectivity index (χ1n) is 12.2. The van der Waals surface area contributed by atoms with Gasteiger partial charge in [-0.2, -0.15) is 4.68 Å². The van der Waals surface area contributed by atoms with E-state index in [4.69, 9.17) is 9.47 Å². The summed E-state index contributed by atoms with van der Waals surface area (Å²) in [4.78, 5) is 40.0. The van der Waals surface area contributed by atoms with Crippen molar-refractivity contribution in [3.8, 4) is 11.4 Å². The van der Waals surface area contributed by atoms with E-state index in [0.717, 1.165) is 43.9 Å². The molecule has 0 aliphatic heterocycles. The molecule has 0 spiro atoms. The average molecular weight is 532 g/mol. The van der Waals surface area contributed by atoms with Crippen LogP contribution in [0.1, 0.15) is 55.8 Å². The number of carboxylic acids is 1. The Morgan fingerprint density at radius 1 is 1.11 bits per heavy atom.